The van der Waals surface area contributed by atoms with Crippen LogP contribution in [0.1, 0.15) is 63.0 Å². The van der Waals surface area contributed by atoms with Crippen LogP contribution >= 0.6 is 0 Å². The first-order chi connectivity index (χ1) is 16.9. The van der Waals surface area contributed by atoms with E-state index in [9.17, 15) is 14.4 Å². The molecule has 3 heterocycles. The van der Waals surface area contributed by atoms with Crippen LogP contribution in [0.5, 0.6) is 0 Å². The van der Waals surface area contributed by atoms with Crippen molar-refractivity contribution in [2.75, 3.05) is 35.2 Å². The second-order valence-corrected chi connectivity index (χ2v) is 9.32. The fourth-order valence-corrected chi connectivity index (χ4v) is 4.35. The third-order valence-electron chi connectivity index (χ3n) is 6.59. The van der Waals surface area contributed by atoms with Crippen molar-refractivity contribution in [3.8, 4) is 0 Å². The van der Waals surface area contributed by atoms with E-state index < -0.39 is 17.4 Å². The van der Waals surface area contributed by atoms with Gasteiger partial charge in [-0.3, -0.25) is 19.4 Å². The van der Waals surface area contributed by atoms with Crippen molar-refractivity contribution in [1.82, 2.24) is 9.97 Å². The highest BCUT2D eigenvalue weighted by molar-refractivity contribution is 6.04. The lowest BCUT2D eigenvalue weighted by atomic mass is 9.92. The molecule has 186 valence electrons. The third kappa shape index (κ3) is 5.72. The van der Waals surface area contributed by atoms with E-state index in [1.54, 1.807) is 12.1 Å². The van der Waals surface area contributed by atoms with Gasteiger partial charge in [-0.1, -0.05) is 26.8 Å². The minimum atomic E-state index is -0.933. The lowest BCUT2D eigenvalue weighted by Crippen LogP contribution is -2.39. The molecule has 2 aliphatic rings. The number of hydrogen-bond donors (Lipinski definition) is 3. The van der Waals surface area contributed by atoms with Gasteiger partial charge in [-0.05, 0) is 49.4 Å². The van der Waals surface area contributed by atoms with Gasteiger partial charge in [0.25, 0.3) is 5.56 Å². The maximum absolute atomic E-state index is 13.1. The number of benzene rings is 1. The Morgan fingerprint density at radius 3 is 2.63 bits per heavy atom. The fraction of sp³-hybridized carbons (Fsp3) is 0.462. The second-order valence-electron chi connectivity index (χ2n) is 9.32. The Bertz CT molecular complexity index is 1150. The van der Waals surface area contributed by atoms with E-state index in [2.05, 4.69) is 41.0 Å². The first-order valence-electron chi connectivity index (χ1n) is 12.3. The van der Waals surface area contributed by atoms with Gasteiger partial charge < -0.3 is 20.3 Å². The number of unbranched alkanes of at least 4 members (excludes halogenated alkanes) is 1. The van der Waals surface area contributed by atoms with Crippen LogP contribution in [0, 0.1) is 5.92 Å². The Balaban J connectivity index is 1.49. The molecule has 35 heavy (non-hydrogen) atoms. The maximum Gasteiger partial charge on any atom is 0.258 e. The number of amides is 2. The van der Waals surface area contributed by atoms with E-state index in [4.69, 9.17) is 4.74 Å². The predicted octanol–water partition coefficient (Wildman–Crippen LogP) is 3.86. The van der Waals surface area contributed by atoms with Gasteiger partial charge in [-0.25, -0.2) is 0 Å². The molecule has 0 bridgehead atoms. The molecule has 0 unspecified atom stereocenters. The SMILES string of the molecule is C=C(OCCCC)c1ccc(NC(=O)[C@@H]2CC(=O)Nc3nc(N4CCC(C)CC4)[nH]c(=O)c32)cc1. The summed E-state index contributed by atoms with van der Waals surface area (Å²) >= 11 is 0. The van der Waals surface area contributed by atoms with E-state index in [1.165, 1.54) is 0 Å². The summed E-state index contributed by atoms with van der Waals surface area (Å²) < 4.78 is 5.63. The number of aromatic amines is 1. The van der Waals surface area contributed by atoms with Gasteiger partial charge in [0.2, 0.25) is 17.8 Å². The standard InChI is InChI=1S/C26H33N5O4/c1-4-5-14-35-17(3)18-6-8-19(9-7-18)27-24(33)20-15-21(32)28-23-22(20)25(34)30-26(29-23)31-12-10-16(2)11-13-31/h6-9,16,20H,3-5,10-15H2,1-2H3,(H,27,33)(H2,28,29,30,32,34)/t20-/m1/s1. The first kappa shape index (κ1) is 24.5. The van der Waals surface area contributed by atoms with E-state index in [1.807, 2.05) is 17.0 Å². The molecule has 1 aromatic carbocycles. The molecule has 0 saturated carbocycles. The minimum absolute atomic E-state index is 0.121. The summed E-state index contributed by atoms with van der Waals surface area (Å²) in [5.74, 6) is 0.0875. The van der Waals surface area contributed by atoms with E-state index in [-0.39, 0.29) is 23.7 Å². The highest BCUT2D eigenvalue weighted by atomic mass is 16.5. The molecule has 4 rings (SSSR count). The quantitative estimate of drug-likeness (QED) is 0.391. The number of hydrogen-bond acceptors (Lipinski definition) is 6. The van der Waals surface area contributed by atoms with Crippen LogP contribution in [0.2, 0.25) is 0 Å². The molecule has 2 aliphatic heterocycles. The molecular weight excluding hydrogens is 446 g/mol. The predicted molar refractivity (Wildman–Crippen MR) is 136 cm³/mol. The lowest BCUT2D eigenvalue weighted by molar-refractivity contribution is -0.123. The van der Waals surface area contributed by atoms with Crippen LogP contribution in [0.25, 0.3) is 5.76 Å². The van der Waals surface area contributed by atoms with E-state index >= 15 is 0 Å². The summed E-state index contributed by atoms with van der Waals surface area (Å²) in [6, 6.07) is 7.11. The minimum Gasteiger partial charge on any atom is -0.494 e. The van der Waals surface area contributed by atoms with Crippen LogP contribution in [-0.4, -0.2) is 41.5 Å². The number of fused-ring (bicyclic) bond motifs is 1. The largest absolute Gasteiger partial charge is 0.494 e. The van der Waals surface area contributed by atoms with Gasteiger partial charge >= 0.3 is 0 Å². The number of piperidine rings is 1. The number of rotatable bonds is 8. The smallest absolute Gasteiger partial charge is 0.258 e. The number of carbonyl (C=O) groups is 2. The van der Waals surface area contributed by atoms with Crippen molar-refractivity contribution in [2.45, 2.75) is 51.9 Å². The Morgan fingerprint density at radius 1 is 1.23 bits per heavy atom. The average molecular weight is 480 g/mol. The zero-order chi connectivity index (χ0) is 24.9. The van der Waals surface area contributed by atoms with Gasteiger partial charge in [0.05, 0.1) is 18.1 Å². The average Bonchev–Trinajstić information content (AvgIpc) is 2.84. The molecule has 9 nitrogen and oxygen atoms in total. The number of nitrogens with one attached hydrogen (secondary N) is 3. The first-order valence-corrected chi connectivity index (χ1v) is 12.3. The lowest BCUT2D eigenvalue weighted by Gasteiger charge is -2.31. The third-order valence-corrected chi connectivity index (χ3v) is 6.59. The Morgan fingerprint density at radius 2 is 1.94 bits per heavy atom. The molecule has 0 radical (unpaired) electrons. The van der Waals surface area contributed by atoms with Crippen LogP contribution in [0.3, 0.4) is 0 Å². The zero-order valence-corrected chi connectivity index (χ0v) is 20.4. The Hall–Kier alpha value is -3.62. The number of aromatic nitrogens is 2. The van der Waals surface area contributed by atoms with E-state index in [0.29, 0.717) is 29.9 Å². The van der Waals surface area contributed by atoms with Gasteiger partial charge in [0.15, 0.2) is 0 Å². The molecule has 9 heteroatoms. The van der Waals surface area contributed by atoms with Crippen molar-refractivity contribution in [1.29, 1.82) is 0 Å². The zero-order valence-electron chi connectivity index (χ0n) is 20.4. The van der Waals surface area contributed by atoms with Crippen molar-refractivity contribution in [3.05, 3.63) is 52.3 Å². The molecule has 2 amide bonds. The van der Waals surface area contributed by atoms with Gasteiger partial charge in [0, 0.05) is 30.8 Å². The van der Waals surface area contributed by atoms with Crippen molar-refractivity contribution in [2.24, 2.45) is 5.92 Å². The van der Waals surface area contributed by atoms with Gasteiger partial charge in [-0.2, -0.15) is 4.98 Å². The highest BCUT2D eigenvalue weighted by Crippen LogP contribution is 2.31. The summed E-state index contributed by atoms with van der Waals surface area (Å²) in [6.45, 7) is 10.4. The molecular formula is C26H33N5O4. The number of H-pyrrole nitrogens is 1. The van der Waals surface area contributed by atoms with Gasteiger partial charge in [0.1, 0.15) is 11.6 Å². The highest BCUT2D eigenvalue weighted by Gasteiger charge is 2.35. The van der Waals surface area contributed by atoms with E-state index in [0.717, 1.165) is 44.3 Å². The summed E-state index contributed by atoms with van der Waals surface area (Å²) in [6.07, 6.45) is 3.89. The van der Waals surface area contributed by atoms with Crippen molar-refractivity contribution >= 4 is 35.0 Å². The maximum atomic E-state index is 13.1. The summed E-state index contributed by atoms with van der Waals surface area (Å²) in [5, 5.41) is 5.50. The van der Waals surface area contributed by atoms with Crippen LogP contribution in [-0.2, 0) is 14.3 Å². The molecule has 3 N–H and O–H groups in total. The number of ether oxygens (including phenoxy) is 1. The van der Waals surface area contributed by atoms with Crippen molar-refractivity contribution < 1.29 is 14.3 Å². The Labute approximate surface area is 205 Å². The normalized spacial score (nSPS) is 17.9. The number of nitrogens with zero attached hydrogens (tertiary/aromatic N) is 2. The van der Waals surface area contributed by atoms with Crippen LogP contribution < -0.4 is 21.1 Å². The molecule has 1 saturated heterocycles. The van der Waals surface area contributed by atoms with Crippen LogP contribution in [0.15, 0.2) is 35.6 Å². The molecule has 1 fully saturated rings. The monoisotopic (exact) mass is 479 g/mol. The summed E-state index contributed by atoms with van der Waals surface area (Å²) in [4.78, 5) is 47.9. The van der Waals surface area contributed by atoms with Crippen molar-refractivity contribution in [3.63, 3.8) is 0 Å². The fourth-order valence-electron chi connectivity index (χ4n) is 4.35. The van der Waals surface area contributed by atoms with Gasteiger partial charge in [-0.15, -0.1) is 0 Å². The molecule has 1 atom stereocenters. The second kappa shape index (κ2) is 10.8. The van der Waals surface area contributed by atoms with Crippen LogP contribution in [0.4, 0.5) is 17.5 Å². The molecule has 0 spiro atoms. The number of carbonyl (C=O) groups excluding carboxylic acids is 2. The molecule has 2 aromatic rings. The summed E-state index contributed by atoms with van der Waals surface area (Å²) in [7, 11) is 0. The number of anilines is 3. The molecule has 0 aliphatic carbocycles. The molecule has 1 aromatic heterocycles. The topological polar surface area (TPSA) is 116 Å². The summed E-state index contributed by atoms with van der Waals surface area (Å²) in [5.41, 5.74) is 1.16. The Kier molecular flexibility index (Phi) is 7.53.